The number of nitrogens with one attached hydrogen (secondary N) is 3. The van der Waals surface area contributed by atoms with E-state index in [1.807, 2.05) is 6.92 Å². The molecule has 0 saturated heterocycles. The molecule has 6 nitrogen and oxygen atoms in total. The molecule has 0 saturated carbocycles. The lowest BCUT2D eigenvalue weighted by Gasteiger charge is -2.18. The minimum atomic E-state index is -0.946. The average Bonchev–Trinajstić information content (AvgIpc) is 2.57. The molecule has 1 heterocycles. The van der Waals surface area contributed by atoms with Crippen LogP contribution in [0.25, 0.3) is 0 Å². The Morgan fingerprint density at radius 2 is 1.68 bits per heavy atom. The van der Waals surface area contributed by atoms with Crippen LogP contribution in [-0.2, 0) is 4.79 Å². The summed E-state index contributed by atoms with van der Waals surface area (Å²) in [5.41, 5.74) is 0.392. The number of halogens is 2. The van der Waals surface area contributed by atoms with Gasteiger partial charge in [-0.3, -0.25) is 9.78 Å². The summed E-state index contributed by atoms with van der Waals surface area (Å²) in [6, 6.07) is 4.22. The zero-order chi connectivity index (χ0) is 18.4. The number of hydrogen-bond donors (Lipinski definition) is 3. The number of pyridine rings is 1. The van der Waals surface area contributed by atoms with Gasteiger partial charge in [-0.1, -0.05) is 6.92 Å². The molecule has 1 aromatic heterocycles. The predicted molar refractivity (Wildman–Crippen MR) is 90.1 cm³/mol. The zero-order valence-corrected chi connectivity index (χ0v) is 13.8. The van der Waals surface area contributed by atoms with Gasteiger partial charge in [0.1, 0.15) is 11.6 Å². The monoisotopic (exact) mass is 348 g/mol. The Hall–Kier alpha value is -3.03. The predicted octanol–water partition coefficient (Wildman–Crippen LogP) is 3.59. The van der Waals surface area contributed by atoms with E-state index in [-0.39, 0.29) is 17.4 Å². The van der Waals surface area contributed by atoms with Crippen molar-refractivity contribution in [3.8, 4) is 0 Å². The first kappa shape index (κ1) is 18.3. The number of rotatable bonds is 5. The summed E-state index contributed by atoms with van der Waals surface area (Å²) in [7, 11) is 0. The van der Waals surface area contributed by atoms with Gasteiger partial charge in [-0.15, -0.1) is 0 Å². The Labute approximate surface area is 143 Å². The van der Waals surface area contributed by atoms with E-state index in [0.717, 1.165) is 11.6 Å². The first-order chi connectivity index (χ1) is 11.9. The lowest BCUT2D eigenvalue weighted by molar-refractivity contribution is -0.114. The molecular weight excluding hydrogens is 330 g/mol. The highest BCUT2D eigenvalue weighted by molar-refractivity contribution is 5.93. The van der Waals surface area contributed by atoms with Gasteiger partial charge in [-0.25, -0.2) is 13.6 Å². The van der Waals surface area contributed by atoms with E-state index in [4.69, 9.17) is 0 Å². The minimum absolute atomic E-state index is 0.217. The number of urea groups is 1. The standard InChI is InChI=1S/C17H18F2N4O2/c1-3-14(11-4-6-20-7-5-11)22-17(25)23-16-9-15(21-10(2)24)12(18)8-13(16)19/h4-9,14H,3H2,1-2H3,(H,21,24)(H2,22,23,25)/t14-/m0/s1. The number of carbonyl (C=O) groups is 2. The van der Waals surface area contributed by atoms with Crippen molar-refractivity contribution in [2.45, 2.75) is 26.3 Å². The third-order valence-corrected chi connectivity index (χ3v) is 3.44. The van der Waals surface area contributed by atoms with Gasteiger partial charge in [0, 0.05) is 25.4 Å². The van der Waals surface area contributed by atoms with Crippen molar-refractivity contribution in [1.82, 2.24) is 10.3 Å². The molecule has 0 aliphatic heterocycles. The highest BCUT2D eigenvalue weighted by Crippen LogP contribution is 2.24. The highest BCUT2D eigenvalue weighted by atomic mass is 19.1. The number of amides is 3. The highest BCUT2D eigenvalue weighted by Gasteiger charge is 2.16. The van der Waals surface area contributed by atoms with E-state index in [9.17, 15) is 18.4 Å². The maximum atomic E-state index is 13.9. The summed E-state index contributed by atoms with van der Waals surface area (Å²) in [6.45, 7) is 3.09. The van der Waals surface area contributed by atoms with Crippen LogP contribution in [0.2, 0.25) is 0 Å². The molecule has 2 aromatic rings. The van der Waals surface area contributed by atoms with E-state index in [0.29, 0.717) is 12.5 Å². The van der Waals surface area contributed by atoms with Gasteiger partial charge in [0.15, 0.2) is 0 Å². The SMILES string of the molecule is CC[C@H](NC(=O)Nc1cc(NC(C)=O)c(F)cc1F)c1ccncc1. The second-order valence-electron chi connectivity index (χ2n) is 5.33. The normalized spacial score (nSPS) is 11.5. The van der Waals surface area contributed by atoms with Gasteiger partial charge in [0.25, 0.3) is 0 Å². The Morgan fingerprint density at radius 1 is 1.08 bits per heavy atom. The molecule has 3 N–H and O–H groups in total. The van der Waals surface area contributed by atoms with Gasteiger partial charge in [0.05, 0.1) is 17.4 Å². The second kappa shape index (κ2) is 8.18. The van der Waals surface area contributed by atoms with E-state index in [2.05, 4.69) is 20.9 Å². The van der Waals surface area contributed by atoms with Gasteiger partial charge < -0.3 is 16.0 Å². The second-order valence-corrected chi connectivity index (χ2v) is 5.33. The summed E-state index contributed by atoms with van der Waals surface area (Å²) in [6.07, 6.45) is 3.83. The number of nitrogens with zero attached hydrogens (tertiary/aromatic N) is 1. The molecule has 0 unspecified atom stereocenters. The lowest BCUT2D eigenvalue weighted by atomic mass is 10.1. The molecule has 3 amide bonds. The molecule has 0 bridgehead atoms. The van der Waals surface area contributed by atoms with Crippen molar-refractivity contribution in [3.05, 3.63) is 53.9 Å². The molecular formula is C17H18F2N4O2. The number of hydrogen-bond acceptors (Lipinski definition) is 3. The fourth-order valence-corrected chi connectivity index (χ4v) is 2.26. The average molecular weight is 348 g/mol. The Bertz CT molecular complexity index is 769. The molecule has 132 valence electrons. The Morgan fingerprint density at radius 3 is 2.24 bits per heavy atom. The van der Waals surface area contributed by atoms with Gasteiger partial charge >= 0.3 is 6.03 Å². The molecule has 0 aliphatic rings. The molecule has 1 atom stereocenters. The van der Waals surface area contributed by atoms with Crippen molar-refractivity contribution in [3.63, 3.8) is 0 Å². The van der Waals surface area contributed by atoms with Crippen LogP contribution < -0.4 is 16.0 Å². The Kier molecular flexibility index (Phi) is 5.99. The molecule has 0 spiro atoms. The number of anilines is 2. The topological polar surface area (TPSA) is 83.1 Å². The molecule has 0 aliphatic carbocycles. The van der Waals surface area contributed by atoms with Crippen LogP contribution in [0.15, 0.2) is 36.7 Å². The van der Waals surface area contributed by atoms with Crippen molar-refractivity contribution in [1.29, 1.82) is 0 Å². The number of carbonyl (C=O) groups excluding carboxylic acids is 2. The van der Waals surface area contributed by atoms with Crippen molar-refractivity contribution < 1.29 is 18.4 Å². The van der Waals surface area contributed by atoms with Crippen LogP contribution in [0.3, 0.4) is 0 Å². The maximum absolute atomic E-state index is 13.9. The zero-order valence-electron chi connectivity index (χ0n) is 13.8. The van der Waals surface area contributed by atoms with Crippen molar-refractivity contribution >= 4 is 23.3 Å². The van der Waals surface area contributed by atoms with E-state index >= 15 is 0 Å². The lowest BCUT2D eigenvalue weighted by Crippen LogP contribution is -2.32. The maximum Gasteiger partial charge on any atom is 0.319 e. The van der Waals surface area contributed by atoms with Gasteiger partial charge in [-0.2, -0.15) is 0 Å². The van der Waals surface area contributed by atoms with Crippen LogP contribution in [0.1, 0.15) is 31.9 Å². The molecule has 0 radical (unpaired) electrons. The summed E-state index contributed by atoms with van der Waals surface area (Å²) in [4.78, 5) is 27.1. The Balaban J connectivity index is 2.13. The fourth-order valence-electron chi connectivity index (χ4n) is 2.26. The van der Waals surface area contributed by atoms with Gasteiger partial charge in [0.2, 0.25) is 5.91 Å². The van der Waals surface area contributed by atoms with E-state index in [1.165, 1.54) is 6.92 Å². The van der Waals surface area contributed by atoms with Gasteiger partial charge in [-0.05, 0) is 30.2 Å². The summed E-state index contributed by atoms with van der Waals surface area (Å²) in [5, 5.41) is 7.27. The van der Waals surface area contributed by atoms with E-state index < -0.39 is 23.6 Å². The van der Waals surface area contributed by atoms with Crippen LogP contribution in [0.5, 0.6) is 0 Å². The van der Waals surface area contributed by atoms with Crippen LogP contribution in [0.4, 0.5) is 25.0 Å². The quantitative estimate of drug-likeness (QED) is 0.772. The largest absolute Gasteiger partial charge is 0.331 e. The third kappa shape index (κ3) is 4.97. The molecule has 1 aromatic carbocycles. The molecule has 8 heteroatoms. The summed E-state index contributed by atoms with van der Waals surface area (Å²) < 4.78 is 27.5. The molecule has 0 fully saturated rings. The number of benzene rings is 1. The molecule has 2 rings (SSSR count). The van der Waals surface area contributed by atoms with Crippen molar-refractivity contribution in [2.24, 2.45) is 0 Å². The fraction of sp³-hybridized carbons (Fsp3) is 0.235. The van der Waals surface area contributed by atoms with Crippen LogP contribution >= 0.6 is 0 Å². The number of aromatic nitrogens is 1. The summed E-state index contributed by atoms with van der Waals surface area (Å²) >= 11 is 0. The summed E-state index contributed by atoms with van der Waals surface area (Å²) in [5.74, 6) is -2.38. The minimum Gasteiger partial charge on any atom is -0.331 e. The van der Waals surface area contributed by atoms with Crippen LogP contribution in [0, 0.1) is 11.6 Å². The molecule has 25 heavy (non-hydrogen) atoms. The first-order valence-electron chi connectivity index (χ1n) is 7.64. The van der Waals surface area contributed by atoms with Crippen LogP contribution in [-0.4, -0.2) is 16.9 Å². The first-order valence-corrected chi connectivity index (χ1v) is 7.64. The van der Waals surface area contributed by atoms with Crippen molar-refractivity contribution in [2.75, 3.05) is 10.6 Å². The smallest absolute Gasteiger partial charge is 0.319 e. The third-order valence-electron chi connectivity index (χ3n) is 3.44. The van der Waals surface area contributed by atoms with E-state index in [1.54, 1.807) is 24.5 Å².